The first-order chi connectivity index (χ1) is 24.8. The van der Waals surface area contributed by atoms with Gasteiger partial charge in [-0.15, -0.1) is 29.8 Å². The molecule has 4 heterocycles. The second kappa shape index (κ2) is 12.8. The number of carbonyl (C=O) groups excluding carboxylic acids is 2. The number of aryl methyl sites for hydroxylation is 2. The minimum atomic E-state index is -2.09. The number of methoxy groups -OCH3 is 2. The summed E-state index contributed by atoms with van der Waals surface area (Å²) in [5.74, 6) is -2.01. The van der Waals surface area contributed by atoms with Crippen molar-refractivity contribution in [3.8, 4) is 17.2 Å². The first-order valence-corrected chi connectivity index (χ1v) is 18.1. The van der Waals surface area contributed by atoms with Crippen molar-refractivity contribution in [2.75, 3.05) is 19.7 Å². The Hall–Kier alpha value is -4.60. The Morgan fingerprint density at radius 1 is 1.08 bits per heavy atom. The van der Waals surface area contributed by atoms with E-state index in [2.05, 4.69) is 27.5 Å². The Bertz CT molecular complexity index is 2430. The molecule has 0 bridgehead atoms. The first kappa shape index (κ1) is 35.8. The van der Waals surface area contributed by atoms with E-state index >= 15 is 0 Å². The van der Waals surface area contributed by atoms with Crippen LogP contribution in [-0.2, 0) is 42.6 Å². The molecular formula is C35H33BrCl2N6O8. The molecule has 4 aromatic rings. The molecule has 2 aliphatic heterocycles. The highest BCUT2D eigenvalue weighted by Gasteiger charge is 2.75. The highest BCUT2D eigenvalue weighted by molar-refractivity contribution is 9.09. The van der Waals surface area contributed by atoms with Crippen LogP contribution in [0.5, 0.6) is 17.2 Å². The maximum absolute atomic E-state index is 14.3. The maximum Gasteiger partial charge on any atom is 0.347 e. The molecule has 7 rings (SSSR count). The Balaban J connectivity index is 1.33. The number of halogens is 3. The van der Waals surface area contributed by atoms with Gasteiger partial charge >= 0.3 is 11.4 Å². The van der Waals surface area contributed by atoms with Crippen molar-refractivity contribution in [1.29, 1.82) is 0 Å². The molecule has 1 saturated carbocycles. The third-order valence-electron chi connectivity index (χ3n) is 10.4. The molecule has 2 aromatic carbocycles. The van der Waals surface area contributed by atoms with Gasteiger partial charge in [0.1, 0.15) is 11.4 Å². The van der Waals surface area contributed by atoms with Gasteiger partial charge in [0.05, 0.1) is 43.3 Å². The summed E-state index contributed by atoms with van der Waals surface area (Å²) < 4.78 is 15.6. The Morgan fingerprint density at radius 3 is 2.46 bits per heavy atom. The smallest absolute Gasteiger partial charge is 0.347 e. The second-order valence-corrected chi connectivity index (χ2v) is 14.6. The van der Waals surface area contributed by atoms with Crippen molar-refractivity contribution < 1.29 is 24.2 Å². The predicted molar refractivity (Wildman–Crippen MR) is 196 cm³/mol. The van der Waals surface area contributed by atoms with Crippen molar-refractivity contribution in [2.24, 2.45) is 7.05 Å². The van der Waals surface area contributed by atoms with Gasteiger partial charge in [0.2, 0.25) is 0 Å². The number of aromatic nitrogens is 5. The zero-order valence-electron chi connectivity index (χ0n) is 28.3. The van der Waals surface area contributed by atoms with E-state index in [9.17, 15) is 29.1 Å². The van der Waals surface area contributed by atoms with E-state index < -0.39 is 50.5 Å². The molecule has 0 radical (unpaired) electrons. The molecule has 0 unspecified atom stereocenters. The molecule has 272 valence electrons. The Morgan fingerprint density at radius 2 is 1.79 bits per heavy atom. The van der Waals surface area contributed by atoms with E-state index in [1.807, 2.05) is 0 Å². The quantitative estimate of drug-likeness (QED) is 0.116. The van der Waals surface area contributed by atoms with Crippen LogP contribution in [0, 0.1) is 0 Å². The normalized spacial score (nSPS) is 23.7. The highest BCUT2D eigenvalue weighted by Crippen LogP contribution is 2.64. The number of para-hydroxylation sites is 1. The van der Waals surface area contributed by atoms with Gasteiger partial charge in [0, 0.05) is 50.0 Å². The summed E-state index contributed by atoms with van der Waals surface area (Å²) in [6.07, 6.45) is 3.24. The lowest BCUT2D eigenvalue weighted by molar-refractivity contribution is -0.138. The summed E-state index contributed by atoms with van der Waals surface area (Å²) in [6, 6.07) is 7.26. The van der Waals surface area contributed by atoms with E-state index in [0.29, 0.717) is 40.1 Å². The minimum absolute atomic E-state index is 0.0644. The molecule has 2 fully saturated rings. The van der Waals surface area contributed by atoms with Crippen LogP contribution in [0.4, 0.5) is 0 Å². The molecule has 1 saturated heterocycles. The monoisotopic (exact) mass is 814 g/mol. The lowest BCUT2D eigenvalue weighted by Crippen LogP contribution is -2.59. The van der Waals surface area contributed by atoms with Gasteiger partial charge in [-0.05, 0) is 17.6 Å². The number of likely N-dealkylation sites (tertiary alicyclic amines) is 1. The van der Waals surface area contributed by atoms with Crippen molar-refractivity contribution >= 4 is 62.0 Å². The van der Waals surface area contributed by atoms with Crippen LogP contribution in [0.2, 0.25) is 0 Å². The van der Waals surface area contributed by atoms with Crippen LogP contribution >= 0.6 is 39.1 Å². The largest absolute Gasteiger partial charge is 0.507 e. The number of nitrogens with zero attached hydrogens (tertiary/aromatic N) is 6. The molecule has 2 aromatic heterocycles. The van der Waals surface area contributed by atoms with E-state index in [4.69, 9.17) is 32.7 Å². The van der Waals surface area contributed by atoms with Crippen LogP contribution in [-0.4, -0.2) is 74.7 Å². The SMILES string of the molecule is C=CCc1cccc([C@H]2C3=CCn4c(=O)n(CCc5nc6cc(OC)c(OC)cc6n(C)c5=O)c(=O)n4[C@@H]3C[C@@]3(Cl)C(=O)N(CBr)C(=O)[C@@]23Cl)c1O. The first-order valence-electron chi connectivity index (χ1n) is 16.2. The number of amides is 2. The van der Waals surface area contributed by atoms with E-state index in [-0.39, 0.29) is 48.4 Å². The van der Waals surface area contributed by atoms with E-state index in [0.717, 1.165) is 9.47 Å². The van der Waals surface area contributed by atoms with Crippen LogP contribution in [0.15, 0.2) is 69.0 Å². The number of hydrogen-bond acceptors (Lipinski definition) is 9. The molecular weight excluding hydrogens is 783 g/mol. The maximum atomic E-state index is 14.3. The van der Waals surface area contributed by atoms with Crippen LogP contribution in [0.3, 0.4) is 0 Å². The lowest BCUT2D eigenvalue weighted by Gasteiger charge is -2.49. The van der Waals surface area contributed by atoms with Crippen molar-refractivity contribution in [3.63, 3.8) is 0 Å². The van der Waals surface area contributed by atoms with E-state index in [1.165, 1.54) is 28.2 Å². The summed E-state index contributed by atoms with van der Waals surface area (Å²) >= 11 is 17.8. The van der Waals surface area contributed by atoms with Crippen LogP contribution in [0.25, 0.3) is 11.0 Å². The fourth-order valence-corrected chi connectivity index (χ4v) is 9.25. The van der Waals surface area contributed by atoms with Crippen LogP contribution in [0.1, 0.15) is 35.2 Å². The third kappa shape index (κ3) is 4.81. The number of ether oxygens (including phenoxy) is 2. The number of phenols is 1. The number of imide groups is 1. The zero-order valence-corrected chi connectivity index (χ0v) is 31.4. The van der Waals surface area contributed by atoms with Crippen molar-refractivity contribution in [2.45, 2.75) is 54.1 Å². The van der Waals surface area contributed by atoms with Crippen molar-refractivity contribution in [3.05, 3.63) is 103 Å². The second-order valence-electron chi connectivity index (χ2n) is 12.9. The van der Waals surface area contributed by atoms with Gasteiger partial charge in [-0.2, -0.15) is 0 Å². The summed E-state index contributed by atoms with van der Waals surface area (Å²) in [7, 11) is 4.55. The molecule has 4 atom stereocenters. The molecule has 17 heteroatoms. The number of aromatic hydroxyl groups is 1. The van der Waals surface area contributed by atoms with Gasteiger partial charge in [0.25, 0.3) is 17.4 Å². The van der Waals surface area contributed by atoms with Crippen LogP contribution < -0.4 is 26.4 Å². The number of alkyl halides is 3. The molecule has 3 aliphatic rings. The molecule has 14 nitrogen and oxygen atoms in total. The average Bonchev–Trinajstić information content (AvgIpc) is 3.46. The Kier molecular flexibility index (Phi) is 8.82. The molecule has 52 heavy (non-hydrogen) atoms. The average molecular weight is 816 g/mol. The topological polar surface area (TPSA) is 160 Å². The number of hydrogen-bond donors (Lipinski definition) is 1. The number of rotatable bonds is 9. The Labute approximate surface area is 314 Å². The third-order valence-corrected chi connectivity index (χ3v) is 12.3. The zero-order chi connectivity index (χ0) is 37.4. The number of allylic oxidation sites excluding steroid dienone is 3. The van der Waals surface area contributed by atoms with Gasteiger partial charge < -0.3 is 19.1 Å². The van der Waals surface area contributed by atoms with Gasteiger partial charge in [-0.1, -0.05) is 46.3 Å². The van der Waals surface area contributed by atoms with Gasteiger partial charge in [-0.25, -0.2) is 28.5 Å². The highest BCUT2D eigenvalue weighted by atomic mass is 79.9. The van der Waals surface area contributed by atoms with Gasteiger partial charge in [-0.3, -0.25) is 19.3 Å². The fraction of sp³-hybridized carbons (Fsp3) is 0.371. The molecule has 1 N–H and O–H groups in total. The number of phenolic OH excluding ortho intramolecular Hbond substituents is 1. The number of fused-ring (bicyclic) bond motifs is 5. The predicted octanol–water partition coefficient (Wildman–Crippen LogP) is 3.10. The summed E-state index contributed by atoms with van der Waals surface area (Å²) in [4.78, 5) is 70.8. The fourth-order valence-electron chi connectivity index (χ4n) is 7.85. The summed E-state index contributed by atoms with van der Waals surface area (Å²) in [5, 5.41) is 11.5. The van der Waals surface area contributed by atoms with Gasteiger partial charge in [0.15, 0.2) is 21.2 Å². The molecule has 2 amide bonds. The molecule has 1 aliphatic carbocycles. The summed E-state index contributed by atoms with van der Waals surface area (Å²) in [5.41, 5.74) is 0.280. The summed E-state index contributed by atoms with van der Waals surface area (Å²) in [6.45, 7) is 3.48. The molecule has 0 spiro atoms. The van der Waals surface area contributed by atoms with Crippen molar-refractivity contribution in [1.82, 2.24) is 28.4 Å². The number of carbonyl (C=O) groups is 2. The lowest BCUT2D eigenvalue weighted by atomic mass is 9.64. The van der Waals surface area contributed by atoms with E-state index in [1.54, 1.807) is 49.5 Å². The minimum Gasteiger partial charge on any atom is -0.507 e. The standard InChI is InChI=1S/C35H33BrCl2N6O8/c1-5-7-18-8-6-9-20(28(18)45)27-19-10-13-43-32(49)41(12-11-21-29(46)40(2)23-15-26(52-4)25(51-3)14-22(23)39-21)33(50)44(43)24(19)16-34(37)30(47)42(17-36)31(48)35(27,34)38/h5-6,8-10,14-15,24,27,45H,1,7,11-13,16-17H2,2-4H3/t24-,27-,34-,35+/m1/s1. The number of benzene rings is 2.